The van der Waals surface area contributed by atoms with Gasteiger partial charge in [-0.2, -0.15) is 0 Å². The van der Waals surface area contributed by atoms with Crippen molar-refractivity contribution in [2.75, 3.05) is 13.2 Å². The Morgan fingerprint density at radius 2 is 2.19 bits per heavy atom. The van der Waals surface area contributed by atoms with Gasteiger partial charge in [-0.3, -0.25) is 10.1 Å². The lowest BCUT2D eigenvalue weighted by Crippen LogP contribution is -2.50. The highest BCUT2D eigenvalue weighted by atomic mass is 16.5. The Labute approximate surface area is 97.4 Å². The van der Waals surface area contributed by atoms with E-state index in [2.05, 4.69) is 5.32 Å². The van der Waals surface area contributed by atoms with E-state index in [9.17, 15) is 9.90 Å². The lowest BCUT2D eigenvalue weighted by molar-refractivity contribution is -0.144. The largest absolute Gasteiger partial charge is 0.480 e. The molecule has 0 heterocycles. The summed E-state index contributed by atoms with van der Waals surface area (Å²) in [6.45, 7) is 5.22. The number of carboxylic acid groups (broad SMARTS) is 1. The van der Waals surface area contributed by atoms with Gasteiger partial charge in [0.25, 0.3) is 0 Å². The molecule has 1 aliphatic rings. The van der Waals surface area contributed by atoms with Gasteiger partial charge in [0.2, 0.25) is 0 Å². The maximum Gasteiger partial charge on any atom is 0.323 e. The van der Waals surface area contributed by atoms with Crippen molar-refractivity contribution < 1.29 is 14.6 Å². The first-order valence-corrected chi connectivity index (χ1v) is 6.17. The van der Waals surface area contributed by atoms with E-state index in [0.717, 1.165) is 38.9 Å². The lowest BCUT2D eigenvalue weighted by atomic mass is 9.95. The summed E-state index contributed by atoms with van der Waals surface area (Å²) in [6, 6.07) is 0.424. The fourth-order valence-corrected chi connectivity index (χ4v) is 1.75. The van der Waals surface area contributed by atoms with Crippen LogP contribution in [0.15, 0.2) is 0 Å². The van der Waals surface area contributed by atoms with E-state index >= 15 is 0 Å². The van der Waals surface area contributed by atoms with Crippen LogP contribution in [-0.2, 0) is 9.53 Å². The van der Waals surface area contributed by atoms with Crippen LogP contribution in [0.5, 0.6) is 0 Å². The summed E-state index contributed by atoms with van der Waals surface area (Å²) in [5, 5.41) is 12.4. The summed E-state index contributed by atoms with van der Waals surface area (Å²) < 4.78 is 5.23. The molecular formula is C12H23NO3. The third-order valence-electron chi connectivity index (χ3n) is 2.99. The van der Waals surface area contributed by atoms with Gasteiger partial charge in [-0.05, 0) is 46.0 Å². The van der Waals surface area contributed by atoms with Crippen molar-refractivity contribution in [3.05, 3.63) is 0 Å². The summed E-state index contributed by atoms with van der Waals surface area (Å²) in [5.74, 6) is -0.740. The van der Waals surface area contributed by atoms with Gasteiger partial charge in [0.15, 0.2) is 0 Å². The smallest absolute Gasteiger partial charge is 0.323 e. The highest BCUT2D eigenvalue weighted by molar-refractivity contribution is 5.78. The minimum atomic E-state index is -0.757. The standard InChI is InChI=1S/C12H23NO3/c1-3-16-9-5-4-8-12(2,11(14)15)13-10-6-7-10/h10,13H,3-9H2,1-2H3,(H,14,15). The van der Waals surface area contributed by atoms with Gasteiger partial charge in [0, 0.05) is 19.3 Å². The fourth-order valence-electron chi connectivity index (χ4n) is 1.75. The third-order valence-corrected chi connectivity index (χ3v) is 2.99. The number of ether oxygens (including phenoxy) is 1. The third kappa shape index (κ3) is 4.49. The molecule has 1 aliphatic carbocycles. The Balaban J connectivity index is 2.23. The molecule has 16 heavy (non-hydrogen) atoms. The molecular weight excluding hydrogens is 206 g/mol. The molecule has 0 amide bonds. The monoisotopic (exact) mass is 229 g/mol. The van der Waals surface area contributed by atoms with Crippen molar-refractivity contribution in [2.45, 2.75) is 57.5 Å². The molecule has 0 spiro atoms. The molecule has 1 fully saturated rings. The quantitative estimate of drug-likeness (QED) is 0.592. The first-order valence-electron chi connectivity index (χ1n) is 6.17. The molecule has 0 aromatic rings. The summed E-state index contributed by atoms with van der Waals surface area (Å²) in [7, 11) is 0. The molecule has 0 aromatic heterocycles. The molecule has 0 radical (unpaired) electrons. The molecule has 4 nitrogen and oxygen atoms in total. The van der Waals surface area contributed by atoms with Crippen LogP contribution in [-0.4, -0.2) is 35.9 Å². The summed E-state index contributed by atoms with van der Waals surface area (Å²) >= 11 is 0. The summed E-state index contributed by atoms with van der Waals surface area (Å²) in [5.41, 5.74) is -0.757. The van der Waals surface area contributed by atoms with Crippen LogP contribution in [0.1, 0.15) is 46.0 Å². The van der Waals surface area contributed by atoms with Gasteiger partial charge in [-0.25, -0.2) is 0 Å². The molecule has 2 N–H and O–H groups in total. The van der Waals surface area contributed by atoms with E-state index in [4.69, 9.17) is 4.74 Å². The average Bonchev–Trinajstić information content (AvgIpc) is 3.01. The van der Waals surface area contributed by atoms with Crippen molar-refractivity contribution >= 4 is 5.97 Å². The molecule has 0 aromatic carbocycles. The number of nitrogens with one attached hydrogen (secondary N) is 1. The molecule has 4 heteroatoms. The first-order chi connectivity index (χ1) is 7.58. The van der Waals surface area contributed by atoms with E-state index in [1.165, 1.54) is 0 Å². The molecule has 0 aliphatic heterocycles. The van der Waals surface area contributed by atoms with Gasteiger partial charge in [-0.15, -0.1) is 0 Å². The zero-order valence-corrected chi connectivity index (χ0v) is 10.3. The second-order valence-electron chi connectivity index (χ2n) is 4.71. The Morgan fingerprint density at radius 3 is 2.69 bits per heavy atom. The van der Waals surface area contributed by atoms with Crippen LogP contribution in [0.4, 0.5) is 0 Å². The molecule has 1 atom stereocenters. The normalized spacial score (nSPS) is 19.4. The Kier molecular flexibility index (Phi) is 5.22. The maximum atomic E-state index is 11.2. The number of unbranched alkanes of at least 4 members (excludes halogenated alkanes) is 1. The van der Waals surface area contributed by atoms with E-state index in [-0.39, 0.29) is 0 Å². The molecule has 1 rings (SSSR count). The van der Waals surface area contributed by atoms with Crippen LogP contribution in [0, 0.1) is 0 Å². The molecule has 1 unspecified atom stereocenters. The number of hydrogen-bond donors (Lipinski definition) is 2. The molecule has 94 valence electrons. The van der Waals surface area contributed by atoms with Crippen LogP contribution < -0.4 is 5.32 Å². The first kappa shape index (κ1) is 13.5. The summed E-state index contributed by atoms with van der Waals surface area (Å²) in [4.78, 5) is 11.2. The van der Waals surface area contributed by atoms with E-state index in [0.29, 0.717) is 12.5 Å². The van der Waals surface area contributed by atoms with Gasteiger partial charge in [0.05, 0.1) is 0 Å². The zero-order valence-electron chi connectivity index (χ0n) is 10.3. The van der Waals surface area contributed by atoms with Crippen LogP contribution >= 0.6 is 0 Å². The zero-order chi connectivity index (χ0) is 12.0. The second-order valence-corrected chi connectivity index (χ2v) is 4.71. The Bertz CT molecular complexity index is 228. The average molecular weight is 229 g/mol. The van der Waals surface area contributed by atoms with Crippen molar-refractivity contribution in [1.82, 2.24) is 5.32 Å². The van der Waals surface area contributed by atoms with Gasteiger partial charge in [-0.1, -0.05) is 0 Å². The summed E-state index contributed by atoms with van der Waals surface area (Å²) in [6.07, 6.45) is 4.72. The number of rotatable bonds is 9. The molecule has 0 saturated heterocycles. The van der Waals surface area contributed by atoms with Gasteiger partial charge in [0.1, 0.15) is 5.54 Å². The number of hydrogen-bond acceptors (Lipinski definition) is 3. The minimum Gasteiger partial charge on any atom is -0.480 e. The van der Waals surface area contributed by atoms with Crippen LogP contribution in [0.25, 0.3) is 0 Å². The second kappa shape index (κ2) is 6.21. The fraction of sp³-hybridized carbons (Fsp3) is 0.917. The van der Waals surface area contributed by atoms with E-state index in [1.807, 2.05) is 6.92 Å². The van der Waals surface area contributed by atoms with Crippen molar-refractivity contribution in [3.63, 3.8) is 0 Å². The predicted molar refractivity (Wildman–Crippen MR) is 62.5 cm³/mol. The van der Waals surface area contributed by atoms with E-state index in [1.54, 1.807) is 6.92 Å². The Morgan fingerprint density at radius 1 is 1.50 bits per heavy atom. The predicted octanol–water partition coefficient (Wildman–Crippen LogP) is 1.79. The number of aliphatic carboxylic acids is 1. The molecule has 0 bridgehead atoms. The van der Waals surface area contributed by atoms with Crippen molar-refractivity contribution in [1.29, 1.82) is 0 Å². The SMILES string of the molecule is CCOCCCCC(C)(NC1CC1)C(=O)O. The Hall–Kier alpha value is -0.610. The van der Waals surface area contributed by atoms with Crippen molar-refractivity contribution in [2.24, 2.45) is 0 Å². The van der Waals surface area contributed by atoms with Gasteiger partial charge >= 0.3 is 5.97 Å². The molecule has 1 saturated carbocycles. The number of carboxylic acids is 1. The maximum absolute atomic E-state index is 11.2. The van der Waals surface area contributed by atoms with E-state index < -0.39 is 11.5 Å². The minimum absolute atomic E-state index is 0.424. The topological polar surface area (TPSA) is 58.6 Å². The van der Waals surface area contributed by atoms with Crippen LogP contribution in [0.3, 0.4) is 0 Å². The number of carbonyl (C=O) groups is 1. The lowest BCUT2D eigenvalue weighted by Gasteiger charge is -2.26. The van der Waals surface area contributed by atoms with Gasteiger partial charge < -0.3 is 9.84 Å². The highest BCUT2D eigenvalue weighted by Crippen LogP contribution is 2.25. The van der Waals surface area contributed by atoms with Crippen molar-refractivity contribution in [3.8, 4) is 0 Å². The van der Waals surface area contributed by atoms with Crippen LogP contribution in [0.2, 0.25) is 0 Å². The highest BCUT2D eigenvalue weighted by Gasteiger charge is 2.37.